The van der Waals surface area contributed by atoms with Crippen molar-refractivity contribution in [3.63, 3.8) is 0 Å². The highest BCUT2D eigenvalue weighted by molar-refractivity contribution is 7.99. The maximum atomic E-state index is 10.4. The summed E-state index contributed by atoms with van der Waals surface area (Å²) in [7, 11) is 0. The van der Waals surface area contributed by atoms with Gasteiger partial charge in [0, 0.05) is 16.2 Å². The van der Waals surface area contributed by atoms with Crippen LogP contribution in [0.5, 0.6) is 0 Å². The molecule has 0 saturated carbocycles. The van der Waals surface area contributed by atoms with E-state index in [0.29, 0.717) is 11.3 Å². The van der Waals surface area contributed by atoms with Crippen molar-refractivity contribution in [3.8, 4) is 0 Å². The molecule has 0 aliphatic rings. The highest BCUT2D eigenvalue weighted by Crippen LogP contribution is 2.24. The Morgan fingerprint density at radius 2 is 2.00 bits per heavy atom. The first-order valence-electron chi connectivity index (χ1n) is 4.98. The molecule has 0 aliphatic carbocycles. The molecule has 0 radical (unpaired) electrons. The minimum atomic E-state index is -0.617. The van der Waals surface area contributed by atoms with Crippen molar-refractivity contribution in [3.05, 3.63) is 29.8 Å². The van der Waals surface area contributed by atoms with Gasteiger partial charge in [-0.1, -0.05) is 19.1 Å². The van der Waals surface area contributed by atoms with Gasteiger partial charge >= 0.3 is 0 Å². The molecule has 82 valence electrons. The zero-order valence-corrected chi connectivity index (χ0v) is 9.88. The lowest BCUT2D eigenvalue weighted by Crippen LogP contribution is -2.25. The van der Waals surface area contributed by atoms with Crippen LogP contribution in [0.3, 0.4) is 0 Å². The van der Waals surface area contributed by atoms with Gasteiger partial charge in [-0.25, -0.2) is 0 Å². The van der Waals surface area contributed by atoms with Crippen LogP contribution in [-0.2, 0) is 0 Å². The number of benzene rings is 1. The molecular weight excluding hydrogens is 208 g/mol. The Hall–Kier alpha value is -0.800. The fourth-order valence-corrected chi connectivity index (χ4v) is 1.99. The summed E-state index contributed by atoms with van der Waals surface area (Å²) in [6.45, 7) is 3.80. The van der Waals surface area contributed by atoms with Gasteiger partial charge in [-0.3, -0.25) is 4.79 Å². The van der Waals surface area contributed by atoms with Gasteiger partial charge in [0.1, 0.15) is 6.29 Å². The van der Waals surface area contributed by atoms with Crippen LogP contribution in [-0.4, -0.2) is 22.7 Å². The van der Waals surface area contributed by atoms with Gasteiger partial charge in [0.2, 0.25) is 0 Å². The van der Waals surface area contributed by atoms with E-state index in [0.717, 1.165) is 17.6 Å². The van der Waals surface area contributed by atoms with E-state index < -0.39 is 5.60 Å². The largest absolute Gasteiger partial charge is 0.389 e. The standard InChI is InChI=1S/C12H16O2S/c1-3-12(2,14)9-15-11-6-4-10(8-13)5-7-11/h4-8,14H,3,9H2,1-2H3. The van der Waals surface area contributed by atoms with E-state index in [1.807, 2.05) is 26.0 Å². The first-order valence-corrected chi connectivity index (χ1v) is 5.96. The molecule has 0 amide bonds. The Balaban J connectivity index is 2.54. The van der Waals surface area contributed by atoms with Gasteiger partial charge in [-0.2, -0.15) is 0 Å². The fourth-order valence-electron chi connectivity index (χ4n) is 0.983. The quantitative estimate of drug-likeness (QED) is 0.617. The second-order valence-corrected chi connectivity index (χ2v) is 4.87. The third kappa shape index (κ3) is 4.06. The van der Waals surface area contributed by atoms with E-state index >= 15 is 0 Å². The third-order valence-corrected chi connectivity index (χ3v) is 3.70. The summed E-state index contributed by atoms with van der Waals surface area (Å²) in [5, 5.41) is 9.81. The topological polar surface area (TPSA) is 37.3 Å². The number of hydrogen-bond donors (Lipinski definition) is 1. The molecule has 0 saturated heterocycles. The molecule has 1 unspecified atom stereocenters. The first-order chi connectivity index (χ1) is 7.07. The summed E-state index contributed by atoms with van der Waals surface area (Å²) < 4.78 is 0. The van der Waals surface area contributed by atoms with Gasteiger partial charge in [-0.15, -0.1) is 11.8 Å². The van der Waals surface area contributed by atoms with E-state index in [1.54, 1.807) is 23.9 Å². The highest BCUT2D eigenvalue weighted by atomic mass is 32.2. The number of rotatable bonds is 5. The molecule has 15 heavy (non-hydrogen) atoms. The van der Waals surface area contributed by atoms with Crippen molar-refractivity contribution in [2.45, 2.75) is 30.8 Å². The normalized spacial score (nSPS) is 14.6. The molecular formula is C12H16O2S. The third-order valence-electron chi connectivity index (χ3n) is 2.33. The predicted octanol–water partition coefficient (Wildman–Crippen LogP) is 2.75. The van der Waals surface area contributed by atoms with Crippen molar-refractivity contribution in [2.24, 2.45) is 0 Å². The molecule has 0 heterocycles. The number of carbonyl (C=O) groups excluding carboxylic acids is 1. The van der Waals surface area contributed by atoms with Crippen LogP contribution in [0.15, 0.2) is 29.2 Å². The summed E-state index contributed by atoms with van der Waals surface area (Å²) in [6.07, 6.45) is 1.57. The zero-order valence-electron chi connectivity index (χ0n) is 9.06. The van der Waals surface area contributed by atoms with E-state index in [-0.39, 0.29) is 0 Å². The number of thioether (sulfide) groups is 1. The molecule has 1 aromatic rings. The van der Waals surface area contributed by atoms with Gasteiger partial charge < -0.3 is 5.11 Å². The second-order valence-electron chi connectivity index (χ2n) is 3.83. The maximum Gasteiger partial charge on any atom is 0.150 e. The van der Waals surface area contributed by atoms with Crippen LogP contribution >= 0.6 is 11.8 Å². The zero-order chi connectivity index (χ0) is 11.3. The first kappa shape index (κ1) is 12.3. The Morgan fingerprint density at radius 1 is 1.40 bits per heavy atom. The molecule has 0 aliphatic heterocycles. The maximum absolute atomic E-state index is 10.4. The van der Waals surface area contributed by atoms with E-state index in [1.165, 1.54) is 0 Å². The summed E-state index contributed by atoms with van der Waals surface area (Å²) in [6, 6.07) is 7.38. The molecule has 3 heteroatoms. The second kappa shape index (κ2) is 5.33. The number of aldehydes is 1. The van der Waals surface area contributed by atoms with Crippen LogP contribution < -0.4 is 0 Å². The van der Waals surface area contributed by atoms with Crippen molar-refractivity contribution >= 4 is 18.0 Å². The molecule has 0 spiro atoms. The fraction of sp³-hybridized carbons (Fsp3) is 0.417. The Labute approximate surface area is 94.7 Å². The molecule has 0 fully saturated rings. The molecule has 1 atom stereocenters. The Bertz CT molecular complexity index is 317. The average molecular weight is 224 g/mol. The van der Waals surface area contributed by atoms with Crippen LogP contribution in [0.2, 0.25) is 0 Å². The summed E-state index contributed by atoms with van der Waals surface area (Å²) in [5.74, 6) is 0.671. The summed E-state index contributed by atoms with van der Waals surface area (Å²) >= 11 is 1.61. The smallest absolute Gasteiger partial charge is 0.150 e. The molecule has 1 aromatic carbocycles. The van der Waals surface area contributed by atoms with Crippen LogP contribution in [0, 0.1) is 0 Å². The Morgan fingerprint density at radius 3 is 2.47 bits per heavy atom. The minimum Gasteiger partial charge on any atom is -0.389 e. The van der Waals surface area contributed by atoms with Gasteiger partial charge in [0.15, 0.2) is 0 Å². The lowest BCUT2D eigenvalue weighted by molar-refractivity contribution is 0.0816. The molecule has 2 nitrogen and oxygen atoms in total. The van der Waals surface area contributed by atoms with Crippen molar-refractivity contribution in [1.29, 1.82) is 0 Å². The monoisotopic (exact) mass is 224 g/mol. The Kier molecular flexibility index (Phi) is 4.36. The molecule has 0 aromatic heterocycles. The number of hydrogen-bond acceptors (Lipinski definition) is 3. The average Bonchev–Trinajstić information content (AvgIpc) is 2.27. The van der Waals surface area contributed by atoms with Crippen LogP contribution in [0.1, 0.15) is 30.6 Å². The molecule has 0 bridgehead atoms. The predicted molar refractivity (Wildman–Crippen MR) is 63.5 cm³/mol. The van der Waals surface area contributed by atoms with Gasteiger partial charge in [0.25, 0.3) is 0 Å². The van der Waals surface area contributed by atoms with Crippen molar-refractivity contribution in [1.82, 2.24) is 0 Å². The van der Waals surface area contributed by atoms with Gasteiger partial charge in [0.05, 0.1) is 5.60 Å². The van der Waals surface area contributed by atoms with Gasteiger partial charge in [-0.05, 0) is 25.5 Å². The number of aliphatic hydroxyl groups is 1. The molecule has 1 N–H and O–H groups in total. The van der Waals surface area contributed by atoms with E-state index in [2.05, 4.69) is 0 Å². The lowest BCUT2D eigenvalue weighted by Gasteiger charge is -2.20. The van der Waals surface area contributed by atoms with Crippen molar-refractivity contribution < 1.29 is 9.90 Å². The van der Waals surface area contributed by atoms with Crippen LogP contribution in [0.25, 0.3) is 0 Å². The van der Waals surface area contributed by atoms with Crippen LogP contribution in [0.4, 0.5) is 0 Å². The lowest BCUT2D eigenvalue weighted by atomic mass is 10.1. The highest BCUT2D eigenvalue weighted by Gasteiger charge is 2.17. The van der Waals surface area contributed by atoms with E-state index in [9.17, 15) is 9.90 Å². The minimum absolute atomic E-state index is 0.617. The SMILES string of the molecule is CCC(C)(O)CSc1ccc(C=O)cc1. The number of carbonyl (C=O) groups is 1. The van der Waals surface area contributed by atoms with Crippen molar-refractivity contribution in [2.75, 3.05) is 5.75 Å². The van der Waals surface area contributed by atoms with E-state index in [4.69, 9.17) is 0 Å². The summed E-state index contributed by atoms with van der Waals surface area (Å²) in [5.41, 5.74) is 0.0650. The summed E-state index contributed by atoms with van der Waals surface area (Å²) in [4.78, 5) is 11.5. The molecule has 1 rings (SSSR count).